The number of rotatable bonds is 6. The predicted octanol–water partition coefficient (Wildman–Crippen LogP) is 2.87. The fourth-order valence-corrected chi connectivity index (χ4v) is 6.44. The van der Waals surface area contributed by atoms with Gasteiger partial charge in [0.15, 0.2) is 0 Å². The van der Waals surface area contributed by atoms with E-state index >= 15 is 0 Å². The van der Waals surface area contributed by atoms with E-state index in [0.29, 0.717) is 0 Å². The van der Waals surface area contributed by atoms with Crippen LogP contribution < -0.4 is 10.9 Å². The highest BCUT2D eigenvalue weighted by Gasteiger charge is 2.53. The highest BCUT2D eigenvalue weighted by atomic mass is 16.6. The van der Waals surface area contributed by atoms with Crippen LogP contribution in [0.25, 0.3) is 0 Å². The Bertz CT molecular complexity index is 780. The minimum Gasteiger partial charge on any atom is -0.351 e. The van der Waals surface area contributed by atoms with E-state index in [2.05, 4.69) is 12.2 Å². The summed E-state index contributed by atoms with van der Waals surface area (Å²) in [6, 6.07) is 2.43. The lowest BCUT2D eigenvalue weighted by Gasteiger charge is -2.59. The molecule has 4 bridgehead atoms. The third kappa shape index (κ3) is 3.39. The summed E-state index contributed by atoms with van der Waals surface area (Å²) in [5, 5.41) is 14.1. The van der Waals surface area contributed by atoms with Crippen LogP contribution in [0.1, 0.15) is 51.9 Å². The van der Waals surface area contributed by atoms with Gasteiger partial charge in [-0.05, 0) is 68.1 Å². The zero-order valence-electron chi connectivity index (χ0n) is 15.7. The quantitative estimate of drug-likeness (QED) is 0.613. The predicted molar refractivity (Wildman–Crippen MR) is 100 cm³/mol. The lowest BCUT2D eigenvalue weighted by Crippen LogP contribution is -2.57. The molecule has 4 fully saturated rings. The highest BCUT2D eigenvalue weighted by Crippen LogP contribution is 2.61. The Morgan fingerprint density at radius 3 is 2.37 bits per heavy atom. The molecule has 4 aliphatic carbocycles. The molecule has 0 spiro atoms. The zero-order valence-corrected chi connectivity index (χ0v) is 15.7. The van der Waals surface area contributed by atoms with E-state index < -0.39 is 10.5 Å². The van der Waals surface area contributed by atoms with Gasteiger partial charge in [-0.1, -0.05) is 6.92 Å². The first-order valence-corrected chi connectivity index (χ1v) is 10.0. The van der Waals surface area contributed by atoms with Crippen LogP contribution in [0.3, 0.4) is 0 Å². The molecule has 7 heteroatoms. The van der Waals surface area contributed by atoms with Gasteiger partial charge in [-0.25, -0.2) is 0 Å². The van der Waals surface area contributed by atoms with Gasteiger partial charge in [0.25, 0.3) is 11.2 Å². The number of hydrogen-bond donors (Lipinski definition) is 1. The van der Waals surface area contributed by atoms with E-state index in [9.17, 15) is 19.7 Å². The molecule has 1 atom stereocenters. The number of hydrogen-bond acceptors (Lipinski definition) is 4. The Kier molecular flexibility index (Phi) is 4.56. The van der Waals surface area contributed by atoms with Crippen molar-refractivity contribution in [1.29, 1.82) is 0 Å². The molecule has 0 radical (unpaired) electrons. The maximum Gasteiger partial charge on any atom is 0.285 e. The first-order chi connectivity index (χ1) is 12.9. The second-order valence-electron chi connectivity index (χ2n) is 8.92. The largest absolute Gasteiger partial charge is 0.351 e. The standard InChI is InChI=1S/C20H27N3O4/c1-2-17(20-8-13-5-14(9-20)7-15(6-13)10-20)21-18(24)12-22-11-16(23(26)27)3-4-19(22)25/h3-4,11,13-15,17H,2,5-10,12H2,1H3,(H,21,24)/t13?,14?,15?,17-,20?/m0/s1. The van der Waals surface area contributed by atoms with Crippen LogP contribution in [-0.2, 0) is 11.3 Å². The summed E-state index contributed by atoms with van der Waals surface area (Å²) in [6.07, 6.45) is 9.69. The first-order valence-electron chi connectivity index (χ1n) is 10.0. The summed E-state index contributed by atoms with van der Waals surface area (Å²) in [4.78, 5) is 35.0. The van der Waals surface area contributed by atoms with Crippen LogP contribution in [-0.4, -0.2) is 21.4 Å². The third-order valence-electron chi connectivity index (χ3n) is 7.06. The summed E-state index contributed by atoms with van der Waals surface area (Å²) in [5.41, 5.74) is -0.388. The highest BCUT2D eigenvalue weighted by molar-refractivity contribution is 5.76. The van der Waals surface area contributed by atoms with E-state index in [0.717, 1.165) is 41.0 Å². The molecule has 1 N–H and O–H groups in total. The molecule has 1 aromatic rings. The van der Waals surface area contributed by atoms with Gasteiger partial charge in [-0.2, -0.15) is 0 Å². The van der Waals surface area contributed by atoms with Crippen LogP contribution in [0.2, 0.25) is 0 Å². The Hall–Kier alpha value is -2.18. The van der Waals surface area contributed by atoms with Crippen LogP contribution >= 0.6 is 0 Å². The van der Waals surface area contributed by atoms with Crippen LogP contribution in [0.15, 0.2) is 23.1 Å². The molecule has 5 rings (SSSR count). The van der Waals surface area contributed by atoms with Crippen molar-refractivity contribution in [2.75, 3.05) is 0 Å². The molecule has 4 saturated carbocycles. The minimum absolute atomic E-state index is 0.118. The third-order valence-corrected chi connectivity index (χ3v) is 7.06. The van der Waals surface area contributed by atoms with E-state index in [-0.39, 0.29) is 29.6 Å². The van der Waals surface area contributed by atoms with Crippen LogP contribution in [0, 0.1) is 33.3 Å². The smallest absolute Gasteiger partial charge is 0.285 e. The summed E-state index contributed by atoms with van der Waals surface area (Å²) in [7, 11) is 0. The number of amides is 1. The topological polar surface area (TPSA) is 94.2 Å². The molecular formula is C20H27N3O4. The van der Waals surface area contributed by atoms with Gasteiger partial charge in [0.2, 0.25) is 5.91 Å². The van der Waals surface area contributed by atoms with Crippen molar-refractivity contribution < 1.29 is 9.72 Å². The Morgan fingerprint density at radius 2 is 1.85 bits per heavy atom. The number of nitrogens with zero attached hydrogens (tertiary/aromatic N) is 2. The molecule has 7 nitrogen and oxygen atoms in total. The van der Waals surface area contributed by atoms with Gasteiger partial charge in [-0.3, -0.25) is 24.3 Å². The van der Waals surface area contributed by atoms with Crippen LogP contribution in [0.4, 0.5) is 5.69 Å². The van der Waals surface area contributed by atoms with Gasteiger partial charge < -0.3 is 5.32 Å². The van der Waals surface area contributed by atoms with E-state index in [1.807, 2.05) is 0 Å². The number of nitrogens with one attached hydrogen (secondary N) is 1. The normalized spacial score (nSPS) is 32.3. The van der Waals surface area contributed by atoms with Gasteiger partial charge in [0.1, 0.15) is 6.54 Å². The van der Waals surface area contributed by atoms with Crippen molar-refractivity contribution in [2.24, 2.45) is 23.2 Å². The second kappa shape index (κ2) is 6.77. The van der Waals surface area contributed by atoms with Gasteiger partial charge in [0, 0.05) is 18.2 Å². The molecule has 0 unspecified atom stereocenters. The van der Waals surface area contributed by atoms with Crippen molar-refractivity contribution in [1.82, 2.24) is 9.88 Å². The van der Waals surface area contributed by atoms with Crippen molar-refractivity contribution in [2.45, 2.75) is 64.5 Å². The van der Waals surface area contributed by atoms with Crippen molar-refractivity contribution in [3.8, 4) is 0 Å². The fraction of sp³-hybridized carbons (Fsp3) is 0.700. The minimum atomic E-state index is -0.557. The fourth-order valence-electron chi connectivity index (χ4n) is 6.44. The molecule has 146 valence electrons. The van der Waals surface area contributed by atoms with Crippen LogP contribution in [0.5, 0.6) is 0 Å². The molecule has 27 heavy (non-hydrogen) atoms. The molecular weight excluding hydrogens is 346 g/mol. The lowest BCUT2D eigenvalue weighted by molar-refractivity contribution is -0.385. The Labute approximate surface area is 158 Å². The zero-order chi connectivity index (χ0) is 19.2. The van der Waals surface area contributed by atoms with Crippen molar-refractivity contribution in [3.63, 3.8) is 0 Å². The SMILES string of the molecule is CC[C@H](NC(=O)Cn1cc([N+](=O)[O-])ccc1=O)C12CC3CC(CC(C3)C1)C2. The van der Waals surface area contributed by atoms with E-state index in [4.69, 9.17) is 0 Å². The molecule has 1 aromatic heterocycles. The Morgan fingerprint density at radius 1 is 1.26 bits per heavy atom. The molecule has 0 aromatic carbocycles. The number of carbonyl (C=O) groups excluding carboxylic acids is 1. The van der Waals surface area contributed by atoms with E-state index in [1.165, 1.54) is 44.6 Å². The second-order valence-corrected chi connectivity index (χ2v) is 8.92. The van der Waals surface area contributed by atoms with Crippen molar-refractivity contribution in [3.05, 3.63) is 38.8 Å². The average Bonchev–Trinajstić information content (AvgIpc) is 2.60. The molecule has 0 saturated heterocycles. The number of nitro groups is 1. The number of carbonyl (C=O) groups is 1. The summed E-state index contributed by atoms with van der Waals surface area (Å²) in [5.74, 6) is 2.19. The molecule has 4 aliphatic rings. The van der Waals surface area contributed by atoms with E-state index in [1.54, 1.807) is 0 Å². The maximum absolute atomic E-state index is 12.7. The number of aromatic nitrogens is 1. The lowest BCUT2D eigenvalue weighted by atomic mass is 9.47. The number of pyridine rings is 1. The van der Waals surface area contributed by atoms with Gasteiger partial charge >= 0.3 is 0 Å². The first kappa shape index (κ1) is 18.2. The Balaban J connectivity index is 1.48. The monoisotopic (exact) mass is 373 g/mol. The maximum atomic E-state index is 12.7. The molecule has 1 heterocycles. The molecule has 1 amide bonds. The van der Waals surface area contributed by atoms with Gasteiger partial charge in [-0.15, -0.1) is 0 Å². The summed E-state index contributed by atoms with van der Waals surface area (Å²) in [6.45, 7) is 1.94. The molecule has 0 aliphatic heterocycles. The summed E-state index contributed by atoms with van der Waals surface area (Å²) < 4.78 is 1.12. The van der Waals surface area contributed by atoms with Crippen molar-refractivity contribution >= 4 is 11.6 Å². The van der Waals surface area contributed by atoms with Gasteiger partial charge in [0.05, 0.1) is 11.1 Å². The average molecular weight is 373 g/mol. The summed E-state index contributed by atoms with van der Waals surface area (Å²) >= 11 is 0.